The van der Waals surface area contributed by atoms with Crippen LogP contribution in [0.2, 0.25) is 0 Å². The lowest BCUT2D eigenvalue weighted by Gasteiger charge is -2.04. The summed E-state index contributed by atoms with van der Waals surface area (Å²) in [6, 6.07) is 8.26. The minimum absolute atomic E-state index is 0.0000224. The molecule has 0 aliphatic heterocycles. The van der Waals surface area contributed by atoms with E-state index < -0.39 is 0 Å². The van der Waals surface area contributed by atoms with Crippen molar-refractivity contribution in [3.8, 4) is 11.5 Å². The third kappa shape index (κ3) is 5.20. The van der Waals surface area contributed by atoms with Crippen molar-refractivity contribution in [1.29, 1.82) is 0 Å². The van der Waals surface area contributed by atoms with Crippen LogP contribution >= 0.6 is 0 Å². The van der Waals surface area contributed by atoms with E-state index in [9.17, 15) is 4.79 Å². The van der Waals surface area contributed by atoms with Crippen LogP contribution in [0.25, 0.3) is 11.5 Å². The van der Waals surface area contributed by atoms with Gasteiger partial charge in [0.25, 0.3) is 0 Å². The van der Waals surface area contributed by atoms with Crippen molar-refractivity contribution in [3.05, 3.63) is 41.3 Å². The number of aromatic nitrogens is 1. The van der Waals surface area contributed by atoms with Crippen LogP contribution in [0.5, 0.6) is 0 Å². The molecule has 0 atom stereocenters. The van der Waals surface area contributed by atoms with Gasteiger partial charge in [-0.15, -0.1) is 0 Å². The monoisotopic (exact) mass is 330 g/mol. The third-order valence-electron chi connectivity index (χ3n) is 3.89. The lowest BCUT2D eigenvalue weighted by molar-refractivity contribution is -0.122. The van der Waals surface area contributed by atoms with E-state index in [1.54, 1.807) is 0 Å². The molecule has 0 saturated carbocycles. The van der Waals surface area contributed by atoms with Crippen LogP contribution in [0, 0.1) is 6.92 Å². The molecule has 0 fully saturated rings. The van der Waals surface area contributed by atoms with E-state index in [1.807, 2.05) is 26.0 Å². The number of carbonyl (C=O) groups is 1. The van der Waals surface area contributed by atoms with E-state index in [4.69, 9.17) is 9.15 Å². The summed E-state index contributed by atoms with van der Waals surface area (Å²) in [6.45, 7) is 6.82. The Morgan fingerprint density at radius 2 is 2.00 bits per heavy atom. The van der Waals surface area contributed by atoms with E-state index in [0.717, 1.165) is 36.3 Å². The average Bonchev–Trinajstić information content (AvgIpc) is 2.96. The molecule has 0 aliphatic rings. The van der Waals surface area contributed by atoms with Gasteiger partial charge < -0.3 is 14.5 Å². The fourth-order valence-corrected chi connectivity index (χ4v) is 2.40. The number of rotatable bonds is 9. The van der Waals surface area contributed by atoms with Crippen LogP contribution in [0.1, 0.15) is 43.7 Å². The summed E-state index contributed by atoms with van der Waals surface area (Å²) in [5, 5.41) is 2.72. The van der Waals surface area contributed by atoms with Crippen molar-refractivity contribution in [3.63, 3.8) is 0 Å². The van der Waals surface area contributed by atoms with Crippen LogP contribution in [-0.2, 0) is 22.4 Å². The second-order valence-corrected chi connectivity index (χ2v) is 5.66. The van der Waals surface area contributed by atoms with Crippen LogP contribution in [-0.4, -0.2) is 24.2 Å². The lowest BCUT2D eigenvalue weighted by Crippen LogP contribution is -2.25. The molecule has 0 unspecified atom stereocenters. The molecule has 130 valence electrons. The van der Waals surface area contributed by atoms with Gasteiger partial charge >= 0.3 is 0 Å². The molecule has 1 aromatic carbocycles. The molecule has 5 nitrogen and oxygen atoms in total. The SMILES string of the molecule is CCOCNC(=O)CCCc1nc(-c2ccc(CC)cc2)oc1C. The van der Waals surface area contributed by atoms with Gasteiger partial charge in [0, 0.05) is 18.6 Å². The number of oxazole rings is 1. The van der Waals surface area contributed by atoms with E-state index in [-0.39, 0.29) is 12.6 Å². The second kappa shape index (κ2) is 9.23. The van der Waals surface area contributed by atoms with E-state index >= 15 is 0 Å². The minimum Gasteiger partial charge on any atom is -0.441 e. The number of hydrogen-bond donors (Lipinski definition) is 1. The Morgan fingerprint density at radius 1 is 1.25 bits per heavy atom. The molecule has 1 heterocycles. The number of aryl methyl sites for hydroxylation is 3. The number of ether oxygens (including phenoxy) is 1. The molecule has 1 aromatic heterocycles. The molecule has 0 radical (unpaired) electrons. The van der Waals surface area contributed by atoms with Crippen molar-refractivity contribution >= 4 is 5.91 Å². The molecule has 0 saturated heterocycles. The van der Waals surface area contributed by atoms with Gasteiger partial charge in [-0.25, -0.2) is 4.98 Å². The molecule has 1 N–H and O–H groups in total. The van der Waals surface area contributed by atoms with Gasteiger partial charge in [0.2, 0.25) is 11.8 Å². The van der Waals surface area contributed by atoms with Crippen LogP contribution in [0.4, 0.5) is 0 Å². The van der Waals surface area contributed by atoms with Crippen LogP contribution < -0.4 is 5.32 Å². The fourth-order valence-electron chi connectivity index (χ4n) is 2.40. The molecule has 0 spiro atoms. The molecule has 0 bridgehead atoms. The Kier molecular flexibility index (Phi) is 7.00. The Balaban J connectivity index is 1.88. The van der Waals surface area contributed by atoms with Crippen LogP contribution in [0.3, 0.4) is 0 Å². The maximum absolute atomic E-state index is 11.6. The smallest absolute Gasteiger partial charge is 0.226 e. The first kappa shape index (κ1) is 18.2. The molecular weight excluding hydrogens is 304 g/mol. The first-order valence-corrected chi connectivity index (χ1v) is 8.54. The zero-order chi connectivity index (χ0) is 17.4. The number of benzene rings is 1. The molecule has 0 aliphatic carbocycles. The summed E-state index contributed by atoms with van der Waals surface area (Å²) in [5.74, 6) is 1.46. The van der Waals surface area contributed by atoms with Crippen molar-refractivity contribution in [2.24, 2.45) is 0 Å². The van der Waals surface area contributed by atoms with Gasteiger partial charge in [-0.05, 0) is 50.8 Å². The van der Waals surface area contributed by atoms with E-state index in [2.05, 4.69) is 29.4 Å². The number of hydrogen-bond acceptors (Lipinski definition) is 4. The standard InChI is InChI=1S/C19H26N2O3/c1-4-15-9-11-16(12-10-15)19-21-17(14(3)24-19)7-6-8-18(22)20-13-23-5-2/h9-12H,4-8,13H2,1-3H3,(H,20,22). The largest absolute Gasteiger partial charge is 0.441 e. The van der Waals surface area contributed by atoms with Gasteiger partial charge in [-0.2, -0.15) is 0 Å². The maximum atomic E-state index is 11.6. The van der Waals surface area contributed by atoms with Gasteiger partial charge in [-0.3, -0.25) is 4.79 Å². The van der Waals surface area contributed by atoms with Gasteiger partial charge in [0.15, 0.2) is 0 Å². The minimum atomic E-state index is -0.0000224. The molecule has 2 rings (SSSR count). The van der Waals surface area contributed by atoms with Crippen molar-refractivity contribution < 1.29 is 13.9 Å². The summed E-state index contributed by atoms with van der Waals surface area (Å²) in [7, 11) is 0. The molecule has 24 heavy (non-hydrogen) atoms. The second-order valence-electron chi connectivity index (χ2n) is 5.66. The zero-order valence-corrected chi connectivity index (χ0v) is 14.7. The first-order chi connectivity index (χ1) is 11.6. The fraction of sp³-hybridized carbons (Fsp3) is 0.474. The van der Waals surface area contributed by atoms with E-state index in [1.165, 1.54) is 5.56 Å². The lowest BCUT2D eigenvalue weighted by atomic mass is 10.1. The van der Waals surface area contributed by atoms with Crippen molar-refractivity contribution in [1.82, 2.24) is 10.3 Å². The molecular formula is C19H26N2O3. The Morgan fingerprint density at radius 3 is 2.67 bits per heavy atom. The number of carbonyl (C=O) groups excluding carboxylic acids is 1. The summed E-state index contributed by atoms with van der Waals surface area (Å²) in [6.07, 6.45) is 2.94. The van der Waals surface area contributed by atoms with Gasteiger partial charge in [-0.1, -0.05) is 19.1 Å². The zero-order valence-electron chi connectivity index (χ0n) is 14.7. The van der Waals surface area contributed by atoms with Crippen LogP contribution in [0.15, 0.2) is 28.7 Å². The quantitative estimate of drug-likeness (QED) is 0.563. The number of amides is 1. The highest BCUT2D eigenvalue weighted by atomic mass is 16.5. The van der Waals surface area contributed by atoms with Gasteiger partial charge in [0.05, 0.1) is 5.69 Å². The van der Waals surface area contributed by atoms with Crippen molar-refractivity contribution in [2.75, 3.05) is 13.3 Å². The maximum Gasteiger partial charge on any atom is 0.226 e. The summed E-state index contributed by atoms with van der Waals surface area (Å²) in [5.41, 5.74) is 3.19. The Labute approximate surface area is 143 Å². The highest BCUT2D eigenvalue weighted by molar-refractivity contribution is 5.75. The average molecular weight is 330 g/mol. The highest BCUT2D eigenvalue weighted by Crippen LogP contribution is 2.23. The number of nitrogens with one attached hydrogen (secondary N) is 1. The predicted molar refractivity (Wildman–Crippen MR) is 93.6 cm³/mol. The van der Waals surface area contributed by atoms with Gasteiger partial charge in [0.1, 0.15) is 12.5 Å². The molecule has 5 heteroatoms. The predicted octanol–water partition coefficient (Wildman–Crippen LogP) is 3.65. The molecule has 2 aromatic rings. The summed E-state index contributed by atoms with van der Waals surface area (Å²) < 4.78 is 10.9. The Bertz CT molecular complexity index is 647. The normalized spacial score (nSPS) is 10.8. The first-order valence-electron chi connectivity index (χ1n) is 8.54. The Hall–Kier alpha value is -2.14. The van der Waals surface area contributed by atoms with E-state index in [0.29, 0.717) is 18.9 Å². The summed E-state index contributed by atoms with van der Waals surface area (Å²) >= 11 is 0. The topological polar surface area (TPSA) is 64.4 Å². The highest BCUT2D eigenvalue weighted by Gasteiger charge is 2.12. The third-order valence-corrected chi connectivity index (χ3v) is 3.89. The number of nitrogens with zero attached hydrogens (tertiary/aromatic N) is 1. The molecule has 1 amide bonds. The summed E-state index contributed by atoms with van der Waals surface area (Å²) in [4.78, 5) is 16.2. The van der Waals surface area contributed by atoms with Crippen molar-refractivity contribution in [2.45, 2.75) is 46.5 Å².